The first-order chi connectivity index (χ1) is 9.83. The van der Waals surface area contributed by atoms with Gasteiger partial charge >= 0.3 is 0 Å². The minimum absolute atomic E-state index is 0.474. The van der Waals surface area contributed by atoms with E-state index >= 15 is 0 Å². The maximum atomic E-state index is 5.84. The quantitative estimate of drug-likeness (QED) is 0.777. The van der Waals surface area contributed by atoms with E-state index in [0.29, 0.717) is 12.1 Å². The molecule has 0 radical (unpaired) electrons. The summed E-state index contributed by atoms with van der Waals surface area (Å²) in [5.74, 6) is 0.899. The van der Waals surface area contributed by atoms with Crippen LogP contribution in [-0.2, 0) is 4.74 Å². The Balaban J connectivity index is 1.83. The predicted octanol–water partition coefficient (Wildman–Crippen LogP) is 3.05. The van der Waals surface area contributed by atoms with E-state index in [1.165, 1.54) is 58.0 Å². The number of nitrogens with one attached hydrogen (secondary N) is 1. The predicted molar refractivity (Wildman–Crippen MR) is 85.1 cm³/mol. The summed E-state index contributed by atoms with van der Waals surface area (Å²) in [4.78, 5) is 2.64. The normalized spacial score (nSPS) is 27.6. The van der Waals surface area contributed by atoms with Crippen molar-refractivity contribution in [2.24, 2.45) is 5.92 Å². The van der Waals surface area contributed by atoms with E-state index in [0.717, 1.165) is 25.6 Å². The molecule has 0 aromatic carbocycles. The van der Waals surface area contributed by atoms with Crippen LogP contribution in [-0.4, -0.2) is 49.8 Å². The summed E-state index contributed by atoms with van der Waals surface area (Å²) in [6, 6.07) is 0.695. The van der Waals surface area contributed by atoms with Crippen molar-refractivity contribution in [2.45, 2.75) is 70.9 Å². The molecule has 118 valence electrons. The van der Waals surface area contributed by atoms with Gasteiger partial charge < -0.3 is 10.1 Å². The Hall–Kier alpha value is -0.120. The lowest BCUT2D eigenvalue weighted by Gasteiger charge is -2.38. The van der Waals surface area contributed by atoms with Gasteiger partial charge in [-0.05, 0) is 51.6 Å². The van der Waals surface area contributed by atoms with Crippen LogP contribution in [0.3, 0.4) is 0 Å². The van der Waals surface area contributed by atoms with Crippen LogP contribution in [0.5, 0.6) is 0 Å². The summed E-state index contributed by atoms with van der Waals surface area (Å²) in [6.45, 7) is 9.95. The zero-order valence-electron chi connectivity index (χ0n) is 13.6. The van der Waals surface area contributed by atoms with Gasteiger partial charge in [0.15, 0.2) is 0 Å². The second-order valence-electron chi connectivity index (χ2n) is 6.54. The molecule has 2 unspecified atom stereocenters. The maximum Gasteiger partial charge on any atom is 0.0702 e. The fraction of sp³-hybridized carbons (Fsp3) is 1.00. The Morgan fingerprint density at radius 2 is 1.90 bits per heavy atom. The van der Waals surface area contributed by atoms with Gasteiger partial charge in [0, 0.05) is 25.7 Å². The Labute approximate surface area is 125 Å². The number of hydrogen-bond acceptors (Lipinski definition) is 3. The molecule has 1 N–H and O–H groups in total. The highest BCUT2D eigenvalue weighted by molar-refractivity contribution is 4.84. The lowest BCUT2D eigenvalue weighted by Crippen LogP contribution is -2.50. The second kappa shape index (κ2) is 9.01. The summed E-state index contributed by atoms with van der Waals surface area (Å²) in [7, 11) is 0. The molecular weight excluding hydrogens is 248 g/mol. The van der Waals surface area contributed by atoms with Gasteiger partial charge in [-0.25, -0.2) is 0 Å². The van der Waals surface area contributed by atoms with Gasteiger partial charge in [0.1, 0.15) is 0 Å². The SMILES string of the molecule is CCNC(CN1CCCC(OCC)C1)C1CCCCC1. The van der Waals surface area contributed by atoms with Gasteiger partial charge in [0.05, 0.1) is 6.10 Å². The van der Waals surface area contributed by atoms with Gasteiger partial charge in [0.2, 0.25) is 0 Å². The van der Waals surface area contributed by atoms with E-state index in [-0.39, 0.29) is 0 Å². The first-order valence-corrected chi connectivity index (χ1v) is 8.90. The van der Waals surface area contributed by atoms with Crippen molar-refractivity contribution >= 4 is 0 Å². The van der Waals surface area contributed by atoms with Crippen molar-refractivity contribution in [1.29, 1.82) is 0 Å². The van der Waals surface area contributed by atoms with Gasteiger partial charge in [-0.1, -0.05) is 26.2 Å². The lowest BCUT2D eigenvalue weighted by molar-refractivity contribution is 0.000999. The molecule has 0 aromatic rings. The van der Waals surface area contributed by atoms with Crippen LogP contribution >= 0.6 is 0 Å². The number of likely N-dealkylation sites (tertiary alicyclic amines) is 1. The smallest absolute Gasteiger partial charge is 0.0702 e. The molecule has 1 aliphatic heterocycles. The van der Waals surface area contributed by atoms with Gasteiger partial charge in [-0.15, -0.1) is 0 Å². The molecule has 3 heteroatoms. The third-order valence-corrected chi connectivity index (χ3v) is 5.00. The molecule has 0 spiro atoms. The molecule has 0 amide bonds. The summed E-state index contributed by atoms with van der Waals surface area (Å²) < 4.78 is 5.84. The third kappa shape index (κ3) is 5.01. The standard InChI is InChI=1S/C17H34N2O/c1-3-18-17(15-9-6-5-7-10-15)14-19-12-8-11-16(13-19)20-4-2/h15-18H,3-14H2,1-2H3. The molecular formula is C17H34N2O. The van der Waals surface area contributed by atoms with Crippen LogP contribution < -0.4 is 5.32 Å². The van der Waals surface area contributed by atoms with E-state index in [4.69, 9.17) is 4.74 Å². The van der Waals surface area contributed by atoms with Crippen LogP contribution in [0.2, 0.25) is 0 Å². The Kier molecular flexibility index (Phi) is 7.32. The molecule has 2 aliphatic rings. The summed E-state index contributed by atoms with van der Waals surface area (Å²) >= 11 is 0. The van der Waals surface area contributed by atoms with Crippen molar-refractivity contribution in [3.63, 3.8) is 0 Å². The van der Waals surface area contributed by atoms with Crippen molar-refractivity contribution in [1.82, 2.24) is 10.2 Å². The van der Waals surface area contributed by atoms with Crippen LogP contribution in [0.25, 0.3) is 0 Å². The topological polar surface area (TPSA) is 24.5 Å². The van der Waals surface area contributed by atoms with Crippen LogP contribution in [0, 0.1) is 5.92 Å². The molecule has 0 bridgehead atoms. The Morgan fingerprint density at radius 1 is 1.10 bits per heavy atom. The number of likely N-dealkylation sites (N-methyl/N-ethyl adjacent to an activating group) is 1. The minimum atomic E-state index is 0.474. The fourth-order valence-corrected chi connectivity index (χ4v) is 4.01. The number of ether oxygens (including phenoxy) is 1. The van der Waals surface area contributed by atoms with E-state index in [1.54, 1.807) is 0 Å². The number of piperidine rings is 1. The minimum Gasteiger partial charge on any atom is -0.377 e. The fourth-order valence-electron chi connectivity index (χ4n) is 4.01. The summed E-state index contributed by atoms with van der Waals surface area (Å²) in [6.07, 6.45) is 10.2. The monoisotopic (exact) mass is 282 g/mol. The van der Waals surface area contributed by atoms with Gasteiger partial charge in [0.25, 0.3) is 0 Å². The highest BCUT2D eigenvalue weighted by Crippen LogP contribution is 2.27. The van der Waals surface area contributed by atoms with Crippen LogP contribution in [0.15, 0.2) is 0 Å². The summed E-state index contributed by atoms with van der Waals surface area (Å²) in [5.41, 5.74) is 0. The molecule has 20 heavy (non-hydrogen) atoms. The molecule has 2 fully saturated rings. The summed E-state index contributed by atoms with van der Waals surface area (Å²) in [5, 5.41) is 3.76. The van der Waals surface area contributed by atoms with E-state index < -0.39 is 0 Å². The van der Waals surface area contributed by atoms with Crippen LogP contribution in [0.4, 0.5) is 0 Å². The zero-order valence-corrected chi connectivity index (χ0v) is 13.6. The van der Waals surface area contributed by atoms with Crippen LogP contribution in [0.1, 0.15) is 58.8 Å². The van der Waals surface area contributed by atoms with E-state index in [9.17, 15) is 0 Å². The average Bonchev–Trinajstić information content (AvgIpc) is 2.48. The zero-order chi connectivity index (χ0) is 14.2. The highest BCUT2D eigenvalue weighted by Gasteiger charge is 2.27. The molecule has 2 atom stereocenters. The Bertz CT molecular complexity index is 251. The number of nitrogens with zero attached hydrogens (tertiary/aromatic N) is 1. The van der Waals surface area contributed by atoms with Gasteiger partial charge in [-0.3, -0.25) is 4.90 Å². The molecule has 1 heterocycles. The third-order valence-electron chi connectivity index (χ3n) is 5.00. The first kappa shape index (κ1) is 16.3. The molecule has 1 saturated carbocycles. The second-order valence-corrected chi connectivity index (χ2v) is 6.54. The number of rotatable bonds is 7. The average molecular weight is 282 g/mol. The van der Waals surface area contributed by atoms with Crippen molar-refractivity contribution in [3.05, 3.63) is 0 Å². The molecule has 1 aliphatic carbocycles. The highest BCUT2D eigenvalue weighted by atomic mass is 16.5. The van der Waals surface area contributed by atoms with Crippen molar-refractivity contribution in [3.8, 4) is 0 Å². The Morgan fingerprint density at radius 3 is 2.60 bits per heavy atom. The molecule has 0 aromatic heterocycles. The first-order valence-electron chi connectivity index (χ1n) is 8.90. The molecule has 2 rings (SSSR count). The number of hydrogen-bond donors (Lipinski definition) is 1. The van der Waals surface area contributed by atoms with Gasteiger partial charge in [-0.2, -0.15) is 0 Å². The van der Waals surface area contributed by atoms with E-state index in [2.05, 4.69) is 24.1 Å². The molecule has 3 nitrogen and oxygen atoms in total. The largest absolute Gasteiger partial charge is 0.377 e. The lowest BCUT2D eigenvalue weighted by atomic mass is 9.83. The van der Waals surface area contributed by atoms with Crippen molar-refractivity contribution in [2.75, 3.05) is 32.8 Å². The van der Waals surface area contributed by atoms with E-state index in [1.807, 2.05) is 0 Å². The van der Waals surface area contributed by atoms with Crippen molar-refractivity contribution < 1.29 is 4.74 Å². The maximum absolute atomic E-state index is 5.84. The molecule has 1 saturated heterocycles.